The van der Waals surface area contributed by atoms with Crippen molar-refractivity contribution < 1.29 is 19.8 Å². The van der Waals surface area contributed by atoms with Crippen molar-refractivity contribution in [2.75, 3.05) is 0 Å². The largest absolute Gasteiger partial charge is 0.478 e. The average molecular weight is 224 g/mol. The third kappa shape index (κ3) is 4.77. The molecule has 0 atom stereocenters. The first-order valence-corrected chi connectivity index (χ1v) is 5.40. The Kier molecular flexibility index (Phi) is 4.76. The molecule has 1 aliphatic rings. The summed E-state index contributed by atoms with van der Waals surface area (Å²) in [6, 6.07) is 0. The van der Waals surface area contributed by atoms with Gasteiger partial charge >= 0.3 is 11.9 Å². The summed E-state index contributed by atoms with van der Waals surface area (Å²) in [7, 11) is 0. The van der Waals surface area contributed by atoms with Crippen molar-refractivity contribution in [3.8, 4) is 0 Å². The lowest BCUT2D eigenvalue weighted by Gasteiger charge is -2.24. The SMILES string of the molecule is O=C(O)/C=C/C1CCC(/C=C/C(=O)O)CC1. The Bertz CT molecular complexity index is 277. The van der Waals surface area contributed by atoms with Gasteiger partial charge in [-0.1, -0.05) is 12.2 Å². The maximum Gasteiger partial charge on any atom is 0.327 e. The third-order valence-corrected chi connectivity index (χ3v) is 2.84. The van der Waals surface area contributed by atoms with Crippen LogP contribution in [0.25, 0.3) is 0 Å². The highest BCUT2D eigenvalue weighted by Gasteiger charge is 2.17. The number of rotatable bonds is 4. The van der Waals surface area contributed by atoms with Gasteiger partial charge in [0, 0.05) is 12.2 Å². The lowest BCUT2D eigenvalue weighted by Crippen LogP contribution is -2.12. The number of hydrogen-bond acceptors (Lipinski definition) is 2. The molecule has 0 aliphatic heterocycles. The molecule has 88 valence electrons. The zero-order chi connectivity index (χ0) is 12.0. The average Bonchev–Trinajstić information content (AvgIpc) is 2.25. The highest BCUT2D eigenvalue weighted by Crippen LogP contribution is 2.30. The van der Waals surface area contributed by atoms with Gasteiger partial charge in [-0.2, -0.15) is 0 Å². The molecule has 4 heteroatoms. The summed E-state index contributed by atoms with van der Waals surface area (Å²) < 4.78 is 0. The molecule has 16 heavy (non-hydrogen) atoms. The van der Waals surface area contributed by atoms with E-state index < -0.39 is 11.9 Å². The van der Waals surface area contributed by atoms with E-state index in [4.69, 9.17) is 10.2 Å². The van der Waals surface area contributed by atoms with E-state index in [0.717, 1.165) is 25.7 Å². The first-order valence-electron chi connectivity index (χ1n) is 5.40. The Morgan fingerprint density at radius 1 is 0.812 bits per heavy atom. The lowest BCUT2D eigenvalue weighted by atomic mass is 9.82. The number of carboxylic acids is 2. The van der Waals surface area contributed by atoms with E-state index in [1.807, 2.05) is 0 Å². The zero-order valence-corrected chi connectivity index (χ0v) is 9.00. The maximum absolute atomic E-state index is 10.3. The van der Waals surface area contributed by atoms with Crippen molar-refractivity contribution in [1.29, 1.82) is 0 Å². The molecule has 1 saturated carbocycles. The van der Waals surface area contributed by atoms with Gasteiger partial charge in [-0.15, -0.1) is 0 Å². The summed E-state index contributed by atoms with van der Waals surface area (Å²) in [6.45, 7) is 0. The normalized spacial score (nSPS) is 26.2. The van der Waals surface area contributed by atoms with Crippen LogP contribution in [0, 0.1) is 11.8 Å². The second kappa shape index (κ2) is 6.10. The maximum atomic E-state index is 10.3. The van der Waals surface area contributed by atoms with E-state index >= 15 is 0 Å². The fraction of sp³-hybridized carbons (Fsp3) is 0.500. The number of carbonyl (C=O) groups is 2. The van der Waals surface area contributed by atoms with Crippen LogP contribution < -0.4 is 0 Å². The van der Waals surface area contributed by atoms with E-state index in [2.05, 4.69) is 0 Å². The van der Waals surface area contributed by atoms with Gasteiger partial charge in [0.15, 0.2) is 0 Å². The Labute approximate surface area is 94.3 Å². The molecule has 0 radical (unpaired) electrons. The van der Waals surface area contributed by atoms with Crippen LogP contribution in [0.3, 0.4) is 0 Å². The minimum Gasteiger partial charge on any atom is -0.478 e. The molecule has 0 unspecified atom stereocenters. The smallest absolute Gasteiger partial charge is 0.327 e. The Balaban J connectivity index is 2.34. The molecule has 0 heterocycles. The van der Waals surface area contributed by atoms with Gasteiger partial charge in [-0.3, -0.25) is 0 Å². The van der Waals surface area contributed by atoms with Gasteiger partial charge in [0.1, 0.15) is 0 Å². The molecule has 0 aromatic carbocycles. The van der Waals surface area contributed by atoms with Crippen molar-refractivity contribution in [2.45, 2.75) is 25.7 Å². The van der Waals surface area contributed by atoms with Crippen LogP contribution in [-0.2, 0) is 9.59 Å². The van der Waals surface area contributed by atoms with E-state index in [1.54, 1.807) is 12.2 Å². The summed E-state index contributed by atoms with van der Waals surface area (Å²) in [4.78, 5) is 20.6. The van der Waals surface area contributed by atoms with Gasteiger partial charge in [0.2, 0.25) is 0 Å². The van der Waals surface area contributed by atoms with Crippen molar-refractivity contribution in [1.82, 2.24) is 0 Å². The monoisotopic (exact) mass is 224 g/mol. The van der Waals surface area contributed by atoms with Crippen LogP contribution in [0.5, 0.6) is 0 Å². The Morgan fingerprint density at radius 3 is 1.38 bits per heavy atom. The molecule has 4 nitrogen and oxygen atoms in total. The number of allylic oxidation sites excluding steroid dienone is 2. The van der Waals surface area contributed by atoms with Gasteiger partial charge in [-0.25, -0.2) is 9.59 Å². The summed E-state index contributed by atoms with van der Waals surface area (Å²) >= 11 is 0. The summed E-state index contributed by atoms with van der Waals surface area (Å²) in [5.74, 6) is -1.17. The topological polar surface area (TPSA) is 74.6 Å². The summed E-state index contributed by atoms with van der Waals surface area (Å²) in [6.07, 6.45) is 9.57. The molecule has 1 rings (SSSR count). The standard InChI is InChI=1S/C12H16O4/c13-11(14)7-5-9-1-2-10(4-3-9)6-8-12(15)16/h5-10H,1-4H2,(H,13,14)(H,15,16)/b7-5+,8-6+. The number of carboxylic acid groups (broad SMARTS) is 2. The second-order valence-electron chi connectivity index (χ2n) is 4.07. The van der Waals surface area contributed by atoms with E-state index in [9.17, 15) is 9.59 Å². The lowest BCUT2D eigenvalue weighted by molar-refractivity contribution is -0.132. The Morgan fingerprint density at radius 2 is 1.12 bits per heavy atom. The summed E-state index contributed by atoms with van der Waals surface area (Å²) in [5, 5.41) is 17.0. The van der Waals surface area contributed by atoms with Crippen LogP contribution in [0.15, 0.2) is 24.3 Å². The second-order valence-corrected chi connectivity index (χ2v) is 4.07. The quantitative estimate of drug-likeness (QED) is 0.717. The van der Waals surface area contributed by atoms with Crippen molar-refractivity contribution in [3.05, 3.63) is 24.3 Å². The fourth-order valence-electron chi connectivity index (χ4n) is 1.97. The minimum absolute atomic E-state index is 0.325. The molecule has 1 fully saturated rings. The summed E-state index contributed by atoms with van der Waals surface area (Å²) in [5.41, 5.74) is 0. The van der Waals surface area contributed by atoms with Gasteiger partial charge in [0.05, 0.1) is 0 Å². The highest BCUT2D eigenvalue weighted by molar-refractivity contribution is 5.80. The first kappa shape index (κ1) is 12.5. The van der Waals surface area contributed by atoms with Crippen LogP contribution in [-0.4, -0.2) is 22.2 Å². The molecule has 0 spiro atoms. The van der Waals surface area contributed by atoms with Crippen molar-refractivity contribution >= 4 is 11.9 Å². The predicted molar refractivity (Wildman–Crippen MR) is 59.0 cm³/mol. The number of hydrogen-bond donors (Lipinski definition) is 2. The zero-order valence-electron chi connectivity index (χ0n) is 9.00. The van der Waals surface area contributed by atoms with E-state index in [1.165, 1.54) is 12.2 Å². The van der Waals surface area contributed by atoms with E-state index in [0.29, 0.717) is 11.8 Å². The minimum atomic E-state index is -0.909. The van der Waals surface area contributed by atoms with Crippen molar-refractivity contribution in [3.63, 3.8) is 0 Å². The number of aliphatic carboxylic acids is 2. The predicted octanol–water partition coefficient (Wildman–Crippen LogP) is 2.07. The van der Waals surface area contributed by atoms with Crippen LogP contribution in [0.1, 0.15) is 25.7 Å². The van der Waals surface area contributed by atoms with Crippen LogP contribution in [0.4, 0.5) is 0 Å². The molecule has 0 bridgehead atoms. The van der Waals surface area contributed by atoms with Crippen molar-refractivity contribution in [2.24, 2.45) is 11.8 Å². The van der Waals surface area contributed by atoms with Gasteiger partial charge in [-0.05, 0) is 37.5 Å². The molecule has 0 aromatic heterocycles. The molecular formula is C12H16O4. The molecule has 0 amide bonds. The van der Waals surface area contributed by atoms with Crippen LogP contribution in [0.2, 0.25) is 0 Å². The fourth-order valence-corrected chi connectivity index (χ4v) is 1.97. The Hall–Kier alpha value is -1.58. The van der Waals surface area contributed by atoms with Gasteiger partial charge in [0.25, 0.3) is 0 Å². The molecule has 2 N–H and O–H groups in total. The highest BCUT2D eigenvalue weighted by atomic mass is 16.4. The molecular weight excluding hydrogens is 208 g/mol. The molecule has 1 aliphatic carbocycles. The molecule has 0 aromatic rings. The van der Waals surface area contributed by atoms with E-state index in [-0.39, 0.29) is 0 Å². The third-order valence-electron chi connectivity index (χ3n) is 2.84. The van der Waals surface area contributed by atoms with Gasteiger partial charge < -0.3 is 10.2 Å². The van der Waals surface area contributed by atoms with Crippen LogP contribution >= 0.6 is 0 Å². The molecule has 0 saturated heterocycles. The first-order chi connectivity index (χ1) is 7.58.